The molecule has 4 nitrogen and oxygen atoms in total. The van der Waals surface area contributed by atoms with Gasteiger partial charge in [0.25, 0.3) is 0 Å². The van der Waals surface area contributed by atoms with Gasteiger partial charge < -0.3 is 10.6 Å². The smallest absolute Gasteiger partial charge is 0.228 e. The van der Waals surface area contributed by atoms with Crippen LogP contribution < -0.4 is 5.73 Å². The van der Waals surface area contributed by atoms with Gasteiger partial charge in [-0.15, -0.1) is 22.7 Å². The lowest BCUT2D eigenvalue weighted by molar-refractivity contribution is -0.130. The minimum absolute atomic E-state index is 0.0315. The van der Waals surface area contributed by atoms with Gasteiger partial charge in [-0.25, -0.2) is 4.98 Å². The van der Waals surface area contributed by atoms with Crippen LogP contribution in [0.4, 0.5) is 0 Å². The van der Waals surface area contributed by atoms with Gasteiger partial charge >= 0.3 is 0 Å². The Morgan fingerprint density at radius 1 is 1.55 bits per heavy atom. The van der Waals surface area contributed by atoms with Crippen LogP contribution >= 0.6 is 34.3 Å². The van der Waals surface area contributed by atoms with Gasteiger partial charge in [-0.3, -0.25) is 4.79 Å². The Bertz CT molecular complexity index is 596. The molecule has 108 valence electrons. The summed E-state index contributed by atoms with van der Waals surface area (Å²) in [5.41, 5.74) is 6.36. The number of likely N-dealkylation sites (N-methyl/N-ethyl adjacent to an activating group) is 1. The fourth-order valence-electron chi connectivity index (χ4n) is 1.61. The van der Waals surface area contributed by atoms with Crippen LogP contribution in [0.3, 0.4) is 0 Å². The topological polar surface area (TPSA) is 59.2 Å². The fraction of sp³-hybridized carbons (Fsp3) is 0.385. The Balaban J connectivity index is 2.05. The number of hydrogen-bond donors (Lipinski definition) is 1. The predicted molar refractivity (Wildman–Crippen MR) is 85.4 cm³/mol. The zero-order chi connectivity index (χ0) is 14.7. The van der Waals surface area contributed by atoms with Gasteiger partial charge in [0.1, 0.15) is 5.01 Å². The van der Waals surface area contributed by atoms with Crippen molar-refractivity contribution in [2.75, 3.05) is 13.6 Å². The molecule has 2 rings (SSSR count). The third kappa shape index (κ3) is 3.58. The first kappa shape index (κ1) is 15.4. The van der Waals surface area contributed by atoms with Gasteiger partial charge in [-0.2, -0.15) is 0 Å². The highest BCUT2D eigenvalue weighted by Gasteiger charge is 2.16. The number of carbonyl (C=O) groups excluding carboxylic acids is 1. The molecule has 0 radical (unpaired) electrons. The highest BCUT2D eigenvalue weighted by atomic mass is 35.5. The number of hydrogen-bond acceptors (Lipinski definition) is 5. The summed E-state index contributed by atoms with van der Waals surface area (Å²) in [4.78, 5) is 19.3. The van der Waals surface area contributed by atoms with Crippen molar-refractivity contribution >= 4 is 40.2 Å². The maximum Gasteiger partial charge on any atom is 0.228 e. The third-order valence-electron chi connectivity index (χ3n) is 3.06. The van der Waals surface area contributed by atoms with E-state index in [0.29, 0.717) is 13.0 Å². The van der Waals surface area contributed by atoms with Crippen molar-refractivity contribution in [3.8, 4) is 9.88 Å². The third-order valence-corrected chi connectivity index (χ3v) is 5.36. The Morgan fingerprint density at radius 2 is 2.30 bits per heavy atom. The summed E-state index contributed by atoms with van der Waals surface area (Å²) in [6.45, 7) is 2.39. The lowest BCUT2D eigenvalue weighted by Gasteiger charge is -2.23. The molecule has 20 heavy (non-hydrogen) atoms. The molecule has 2 N–H and O–H groups in total. The minimum atomic E-state index is 0.0315. The lowest BCUT2D eigenvalue weighted by atomic mass is 10.2. The van der Waals surface area contributed by atoms with Gasteiger partial charge in [0.05, 0.1) is 21.3 Å². The van der Waals surface area contributed by atoms with Gasteiger partial charge in [0.15, 0.2) is 0 Å². The first-order valence-corrected chi connectivity index (χ1v) is 8.24. The number of nitrogens with zero attached hydrogens (tertiary/aromatic N) is 2. The molecule has 0 bridgehead atoms. The number of nitrogens with two attached hydrogens (primary N) is 1. The van der Waals surface area contributed by atoms with Crippen LogP contribution in [0.25, 0.3) is 9.88 Å². The average Bonchev–Trinajstić information content (AvgIpc) is 3.05. The summed E-state index contributed by atoms with van der Waals surface area (Å²) in [6.07, 6.45) is 0.302. The van der Waals surface area contributed by atoms with Crippen LogP contribution in [-0.2, 0) is 11.2 Å². The van der Waals surface area contributed by atoms with E-state index in [0.717, 1.165) is 19.9 Å². The van der Waals surface area contributed by atoms with Crippen LogP contribution in [0, 0.1) is 0 Å². The number of aromatic nitrogens is 1. The van der Waals surface area contributed by atoms with Crippen molar-refractivity contribution < 1.29 is 4.79 Å². The van der Waals surface area contributed by atoms with Crippen LogP contribution in [-0.4, -0.2) is 35.4 Å². The van der Waals surface area contributed by atoms with E-state index in [9.17, 15) is 4.79 Å². The van der Waals surface area contributed by atoms with E-state index in [2.05, 4.69) is 4.98 Å². The standard InChI is InChI=1S/C13H16ClN3OS2/c1-8(6-15)17(2)12(18)5-9-7-19-13(16-9)10-3-4-11(14)20-10/h3-4,7-8H,5-6,15H2,1-2H3. The molecule has 1 unspecified atom stereocenters. The molecule has 0 saturated heterocycles. The molecule has 2 aromatic heterocycles. The summed E-state index contributed by atoms with van der Waals surface area (Å²) in [6, 6.07) is 3.83. The van der Waals surface area contributed by atoms with E-state index < -0.39 is 0 Å². The molecule has 0 aliphatic heterocycles. The van der Waals surface area contributed by atoms with Crippen molar-refractivity contribution in [2.24, 2.45) is 5.73 Å². The second kappa shape index (κ2) is 6.67. The highest BCUT2D eigenvalue weighted by molar-refractivity contribution is 7.23. The number of thiophene rings is 1. The largest absolute Gasteiger partial charge is 0.341 e. The quantitative estimate of drug-likeness (QED) is 0.917. The van der Waals surface area contributed by atoms with E-state index in [-0.39, 0.29) is 11.9 Å². The zero-order valence-corrected chi connectivity index (χ0v) is 13.7. The Kier molecular flexibility index (Phi) is 5.15. The molecule has 0 aliphatic carbocycles. The molecule has 2 heterocycles. The second-order valence-electron chi connectivity index (χ2n) is 4.51. The van der Waals surface area contributed by atoms with Gasteiger partial charge in [0.2, 0.25) is 5.91 Å². The molecule has 0 saturated carbocycles. The second-order valence-corrected chi connectivity index (χ2v) is 7.09. The molecular formula is C13H16ClN3OS2. The van der Waals surface area contributed by atoms with E-state index in [1.807, 2.05) is 24.4 Å². The molecule has 0 aromatic carbocycles. The van der Waals surface area contributed by atoms with E-state index in [1.165, 1.54) is 22.7 Å². The number of amides is 1. The molecule has 0 aliphatic rings. The summed E-state index contributed by atoms with van der Waals surface area (Å²) < 4.78 is 0.740. The minimum Gasteiger partial charge on any atom is -0.341 e. The summed E-state index contributed by atoms with van der Waals surface area (Å²) in [7, 11) is 1.77. The monoisotopic (exact) mass is 329 g/mol. The van der Waals surface area contributed by atoms with Crippen molar-refractivity contribution in [2.45, 2.75) is 19.4 Å². The van der Waals surface area contributed by atoms with Gasteiger partial charge in [-0.1, -0.05) is 11.6 Å². The van der Waals surface area contributed by atoms with Gasteiger partial charge in [-0.05, 0) is 19.1 Å². The maximum absolute atomic E-state index is 12.1. The van der Waals surface area contributed by atoms with Crippen LogP contribution in [0.1, 0.15) is 12.6 Å². The number of carbonyl (C=O) groups is 1. The normalized spacial score (nSPS) is 12.4. The summed E-state index contributed by atoms with van der Waals surface area (Å²) in [5, 5.41) is 2.82. The maximum atomic E-state index is 12.1. The number of thiazole rings is 1. The van der Waals surface area contributed by atoms with Crippen LogP contribution in [0.2, 0.25) is 4.34 Å². The SMILES string of the molecule is CC(CN)N(C)C(=O)Cc1csc(-c2ccc(Cl)s2)n1. The molecule has 0 spiro atoms. The van der Waals surface area contributed by atoms with E-state index >= 15 is 0 Å². The van der Waals surface area contributed by atoms with Crippen molar-refractivity contribution in [3.05, 3.63) is 27.5 Å². The molecular weight excluding hydrogens is 314 g/mol. The first-order valence-electron chi connectivity index (χ1n) is 6.17. The highest BCUT2D eigenvalue weighted by Crippen LogP contribution is 2.33. The van der Waals surface area contributed by atoms with Gasteiger partial charge in [0, 0.05) is 25.0 Å². The average molecular weight is 330 g/mol. The Labute approximate surface area is 131 Å². The van der Waals surface area contributed by atoms with E-state index in [4.69, 9.17) is 17.3 Å². The molecule has 1 atom stereocenters. The number of halogens is 1. The first-order chi connectivity index (χ1) is 9.51. The zero-order valence-electron chi connectivity index (χ0n) is 11.3. The molecule has 7 heteroatoms. The molecule has 1 amide bonds. The summed E-state index contributed by atoms with van der Waals surface area (Å²) >= 11 is 8.93. The fourth-order valence-corrected chi connectivity index (χ4v) is 3.55. The van der Waals surface area contributed by atoms with Crippen molar-refractivity contribution in [3.63, 3.8) is 0 Å². The Hall–Kier alpha value is -0.950. The Morgan fingerprint density at radius 3 is 2.90 bits per heavy atom. The van der Waals surface area contributed by atoms with Crippen molar-refractivity contribution in [1.29, 1.82) is 0 Å². The van der Waals surface area contributed by atoms with E-state index in [1.54, 1.807) is 11.9 Å². The van der Waals surface area contributed by atoms with Crippen molar-refractivity contribution in [1.82, 2.24) is 9.88 Å². The lowest BCUT2D eigenvalue weighted by Crippen LogP contribution is -2.40. The molecule has 2 aromatic rings. The molecule has 0 fully saturated rings. The summed E-state index contributed by atoms with van der Waals surface area (Å²) in [5.74, 6) is 0.0315. The number of rotatable bonds is 5. The predicted octanol–water partition coefficient (Wildman–Crippen LogP) is 2.87. The van der Waals surface area contributed by atoms with Crippen LogP contribution in [0.5, 0.6) is 0 Å². The van der Waals surface area contributed by atoms with Crippen LogP contribution in [0.15, 0.2) is 17.5 Å².